The second kappa shape index (κ2) is 4.02. The number of carbonyl (C=O) groups is 1. The molecule has 15 heavy (non-hydrogen) atoms. The van der Waals surface area contributed by atoms with E-state index in [0.29, 0.717) is 18.2 Å². The van der Waals surface area contributed by atoms with Crippen molar-refractivity contribution in [2.45, 2.75) is 32.3 Å². The highest BCUT2D eigenvalue weighted by Gasteiger charge is 2.24. The van der Waals surface area contributed by atoms with Gasteiger partial charge in [-0.1, -0.05) is 0 Å². The van der Waals surface area contributed by atoms with Gasteiger partial charge in [-0.25, -0.2) is 9.78 Å². The molecule has 0 saturated carbocycles. The van der Waals surface area contributed by atoms with Gasteiger partial charge in [-0.05, 0) is 26.2 Å². The van der Waals surface area contributed by atoms with Gasteiger partial charge in [-0.2, -0.15) is 0 Å². The summed E-state index contributed by atoms with van der Waals surface area (Å²) in [4.78, 5) is 14.8. The van der Waals surface area contributed by atoms with E-state index >= 15 is 0 Å². The van der Waals surface area contributed by atoms with E-state index in [1.54, 1.807) is 6.92 Å². The minimum atomic E-state index is -1.08. The van der Waals surface area contributed by atoms with Gasteiger partial charge in [-0.15, -0.1) is 0 Å². The van der Waals surface area contributed by atoms with Crippen molar-refractivity contribution >= 4 is 5.97 Å². The molecule has 82 valence electrons. The Balaban J connectivity index is 2.21. The first-order chi connectivity index (χ1) is 7.18. The van der Waals surface area contributed by atoms with Crippen LogP contribution in [0, 0.1) is 6.92 Å². The van der Waals surface area contributed by atoms with Crippen LogP contribution in [-0.4, -0.2) is 22.7 Å². The molecule has 0 amide bonds. The lowest BCUT2D eigenvalue weighted by atomic mass is 10.1. The summed E-state index contributed by atoms with van der Waals surface area (Å²) >= 11 is 0. The number of nitrogens with zero attached hydrogens (tertiary/aromatic N) is 1. The average Bonchev–Trinajstić information content (AvgIpc) is 2.62. The molecule has 1 aromatic rings. The molecule has 1 aromatic heterocycles. The fourth-order valence-corrected chi connectivity index (χ4v) is 1.69. The zero-order chi connectivity index (χ0) is 10.8. The molecule has 1 N–H and O–H groups in total. The van der Waals surface area contributed by atoms with Crippen molar-refractivity contribution in [2.75, 3.05) is 6.61 Å². The molecule has 0 bridgehead atoms. The summed E-state index contributed by atoms with van der Waals surface area (Å²) in [6, 6.07) is 0. The largest absolute Gasteiger partial charge is 0.475 e. The van der Waals surface area contributed by atoms with Crippen LogP contribution >= 0.6 is 0 Å². The first-order valence-electron chi connectivity index (χ1n) is 5.00. The molecule has 1 unspecified atom stereocenters. The molecular weight excluding hydrogens is 198 g/mol. The lowest BCUT2D eigenvalue weighted by Crippen LogP contribution is -2.11. The zero-order valence-corrected chi connectivity index (χ0v) is 8.52. The van der Waals surface area contributed by atoms with Crippen molar-refractivity contribution in [1.82, 2.24) is 4.98 Å². The predicted octanol–water partition coefficient (Wildman–Crippen LogP) is 1.92. The first-order valence-corrected chi connectivity index (χ1v) is 5.00. The summed E-state index contributed by atoms with van der Waals surface area (Å²) in [7, 11) is 0. The molecule has 2 rings (SSSR count). The van der Waals surface area contributed by atoms with E-state index in [1.807, 2.05) is 0 Å². The second-order valence-electron chi connectivity index (χ2n) is 3.63. The third kappa shape index (κ3) is 2.02. The molecular formula is C10H13NO4. The molecule has 1 fully saturated rings. The lowest BCUT2D eigenvalue weighted by Gasteiger charge is -2.19. The standard InChI is InChI=1S/C10H13NO4/c1-6-8(10(12)13)15-9(11-6)7-4-2-3-5-14-7/h7H,2-5H2,1H3,(H,12,13). The van der Waals surface area contributed by atoms with Crippen LogP contribution in [0.3, 0.4) is 0 Å². The zero-order valence-electron chi connectivity index (χ0n) is 8.52. The normalized spacial score (nSPS) is 21.5. The molecule has 0 radical (unpaired) electrons. The molecule has 2 heterocycles. The van der Waals surface area contributed by atoms with E-state index in [1.165, 1.54) is 0 Å². The van der Waals surface area contributed by atoms with Crippen LogP contribution in [-0.2, 0) is 4.74 Å². The number of hydrogen-bond acceptors (Lipinski definition) is 4. The van der Waals surface area contributed by atoms with Gasteiger partial charge in [0.1, 0.15) is 6.10 Å². The smallest absolute Gasteiger partial charge is 0.373 e. The lowest BCUT2D eigenvalue weighted by molar-refractivity contribution is -0.00229. The summed E-state index contributed by atoms with van der Waals surface area (Å²) < 4.78 is 10.6. The van der Waals surface area contributed by atoms with Crippen LogP contribution < -0.4 is 0 Å². The number of ether oxygens (including phenoxy) is 1. The van der Waals surface area contributed by atoms with Gasteiger partial charge >= 0.3 is 5.97 Å². The predicted molar refractivity (Wildman–Crippen MR) is 50.7 cm³/mol. The Kier molecular flexibility index (Phi) is 2.73. The molecule has 5 heteroatoms. The van der Waals surface area contributed by atoms with Gasteiger partial charge in [0, 0.05) is 6.61 Å². The maximum Gasteiger partial charge on any atom is 0.373 e. The van der Waals surface area contributed by atoms with Crippen LogP contribution in [0.5, 0.6) is 0 Å². The van der Waals surface area contributed by atoms with E-state index in [-0.39, 0.29) is 11.9 Å². The van der Waals surface area contributed by atoms with Gasteiger partial charge in [0.2, 0.25) is 11.7 Å². The molecule has 1 atom stereocenters. The number of carboxylic acids is 1. The Labute approximate surface area is 87.1 Å². The Hall–Kier alpha value is -1.36. The third-order valence-electron chi connectivity index (χ3n) is 2.46. The molecule has 1 aliphatic rings. The highest BCUT2D eigenvalue weighted by atomic mass is 16.5. The van der Waals surface area contributed by atoms with Gasteiger partial charge < -0.3 is 14.3 Å². The third-order valence-corrected chi connectivity index (χ3v) is 2.46. The monoisotopic (exact) mass is 211 g/mol. The van der Waals surface area contributed by atoms with Gasteiger partial charge in [-0.3, -0.25) is 0 Å². The minimum absolute atomic E-state index is 0.0841. The SMILES string of the molecule is Cc1nc(C2CCCCO2)oc1C(=O)O. The van der Waals surface area contributed by atoms with Crippen molar-refractivity contribution < 1.29 is 19.1 Å². The van der Waals surface area contributed by atoms with Crippen molar-refractivity contribution in [2.24, 2.45) is 0 Å². The van der Waals surface area contributed by atoms with Gasteiger partial charge in [0.05, 0.1) is 5.69 Å². The fraction of sp³-hybridized carbons (Fsp3) is 0.600. The molecule has 0 aromatic carbocycles. The Morgan fingerprint density at radius 1 is 1.53 bits per heavy atom. The summed E-state index contributed by atoms with van der Waals surface area (Å²) in [6.45, 7) is 2.31. The minimum Gasteiger partial charge on any atom is -0.475 e. The Morgan fingerprint density at radius 3 is 2.87 bits per heavy atom. The van der Waals surface area contributed by atoms with Crippen molar-refractivity contribution in [3.63, 3.8) is 0 Å². The maximum absolute atomic E-state index is 10.7. The molecule has 0 spiro atoms. The van der Waals surface area contributed by atoms with Crippen molar-refractivity contribution in [3.05, 3.63) is 17.3 Å². The topological polar surface area (TPSA) is 72.6 Å². The number of aryl methyl sites for hydroxylation is 1. The average molecular weight is 211 g/mol. The van der Waals surface area contributed by atoms with E-state index in [4.69, 9.17) is 14.3 Å². The Morgan fingerprint density at radius 2 is 2.33 bits per heavy atom. The second-order valence-corrected chi connectivity index (χ2v) is 3.63. The van der Waals surface area contributed by atoms with Gasteiger partial charge in [0.15, 0.2) is 0 Å². The van der Waals surface area contributed by atoms with Crippen LogP contribution in [0.25, 0.3) is 0 Å². The van der Waals surface area contributed by atoms with Crippen molar-refractivity contribution in [1.29, 1.82) is 0 Å². The number of aromatic carboxylic acids is 1. The van der Waals surface area contributed by atoms with E-state index in [0.717, 1.165) is 19.3 Å². The summed E-state index contributed by atoms with van der Waals surface area (Å²) in [6.07, 6.45) is 2.78. The molecule has 1 saturated heterocycles. The number of carboxylic acid groups (broad SMARTS) is 1. The van der Waals surface area contributed by atoms with E-state index < -0.39 is 5.97 Å². The van der Waals surface area contributed by atoms with Crippen molar-refractivity contribution in [3.8, 4) is 0 Å². The van der Waals surface area contributed by atoms with Crippen LogP contribution in [0.15, 0.2) is 4.42 Å². The molecule has 1 aliphatic heterocycles. The molecule has 5 nitrogen and oxygen atoms in total. The van der Waals surface area contributed by atoms with Crippen LogP contribution in [0.4, 0.5) is 0 Å². The summed E-state index contributed by atoms with van der Waals surface area (Å²) in [5.41, 5.74) is 0.409. The van der Waals surface area contributed by atoms with Crippen LogP contribution in [0.2, 0.25) is 0 Å². The highest BCUT2D eigenvalue weighted by Crippen LogP contribution is 2.28. The maximum atomic E-state index is 10.7. The fourth-order valence-electron chi connectivity index (χ4n) is 1.69. The first kappa shape index (κ1) is 10.2. The van der Waals surface area contributed by atoms with Gasteiger partial charge in [0.25, 0.3) is 0 Å². The Bertz CT molecular complexity index is 365. The van der Waals surface area contributed by atoms with Crippen LogP contribution in [0.1, 0.15) is 47.5 Å². The number of rotatable bonds is 2. The number of hydrogen-bond donors (Lipinski definition) is 1. The summed E-state index contributed by atoms with van der Waals surface area (Å²) in [5.74, 6) is -0.772. The van der Waals surface area contributed by atoms with E-state index in [9.17, 15) is 4.79 Å². The number of oxazole rings is 1. The van der Waals surface area contributed by atoms with E-state index in [2.05, 4.69) is 4.98 Å². The highest BCUT2D eigenvalue weighted by molar-refractivity contribution is 5.85. The quantitative estimate of drug-likeness (QED) is 0.809. The molecule has 0 aliphatic carbocycles. The number of aromatic nitrogens is 1. The summed E-state index contributed by atoms with van der Waals surface area (Å²) in [5, 5.41) is 8.80.